The fourth-order valence-electron chi connectivity index (χ4n) is 2.14. The zero-order chi connectivity index (χ0) is 19.2. The first-order valence-electron chi connectivity index (χ1n) is 7.60. The Morgan fingerprint density at radius 3 is 2.85 bits per heavy atom. The van der Waals surface area contributed by atoms with Gasteiger partial charge in [0.1, 0.15) is 11.1 Å². The van der Waals surface area contributed by atoms with Gasteiger partial charge in [-0.3, -0.25) is 4.79 Å². The molecule has 0 aliphatic heterocycles. The number of anilines is 1. The van der Waals surface area contributed by atoms with E-state index in [0.717, 1.165) is 11.8 Å². The average Bonchev–Trinajstić information content (AvgIpc) is 3.35. The molecular weight excluding hydrogens is 388 g/mol. The van der Waals surface area contributed by atoms with Crippen LogP contribution in [0.3, 0.4) is 0 Å². The second-order valence-electron chi connectivity index (χ2n) is 5.05. The van der Waals surface area contributed by atoms with Crippen molar-refractivity contribution in [1.29, 1.82) is 5.26 Å². The molecule has 0 radical (unpaired) electrons. The molecule has 138 valence electrons. The highest BCUT2D eigenvalue weighted by Gasteiger charge is 2.14. The Hall–Kier alpha value is -3.03. The number of nitriles is 1. The molecule has 8 nitrogen and oxygen atoms in total. The largest absolute Gasteiger partial charge is 0.493 e. The third-order valence-electron chi connectivity index (χ3n) is 3.40. The van der Waals surface area contributed by atoms with E-state index in [1.807, 2.05) is 6.07 Å². The minimum absolute atomic E-state index is 0.0797. The minimum Gasteiger partial charge on any atom is -0.493 e. The molecule has 27 heavy (non-hydrogen) atoms. The highest BCUT2D eigenvalue weighted by molar-refractivity contribution is 7.99. The second kappa shape index (κ2) is 8.57. The Labute approximate surface area is 163 Å². The number of benzene rings is 1. The number of nitrogens with zero attached hydrogens (tertiary/aromatic N) is 3. The standard InChI is InChI=1S/C17H14N4O4S2/c1-23-12-4-3-10(7-13(12)24-2)15-20-21-17(25-15)27-9-14(22)19-16-11(8-18)5-6-26-16/h3-7H,9H2,1-2H3,(H,19,22). The van der Waals surface area contributed by atoms with Crippen molar-refractivity contribution >= 4 is 34.0 Å². The summed E-state index contributed by atoms with van der Waals surface area (Å²) in [6.45, 7) is 0. The Balaban J connectivity index is 1.63. The molecule has 0 spiro atoms. The van der Waals surface area contributed by atoms with Gasteiger partial charge in [-0.15, -0.1) is 21.5 Å². The van der Waals surface area contributed by atoms with Crippen molar-refractivity contribution in [3.8, 4) is 29.0 Å². The van der Waals surface area contributed by atoms with Crippen LogP contribution in [0.5, 0.6) is 11.5 Å². The SMILES string of the molecule is COc1ccc(-c2nnc(SCC(=O)Nc3sccc3C#N)o2)cc1OC. The van der Waals surface area contributed by atoms with Crippen molar-refractivity contribution in [2.45, 2.75) is 5.22 Å². The number of amides is 1. The van der Waals surface area contributed by atoms with Crippen molar-refractivity contribution in [3.05, 3.63) is 35.2 Å². The van der Waals surface area contributed by atoms with E-state index in [9.17, 15) is 4.79 Å². The van der Waals surface area contributed by atoms with Crippen LogP contribution in [-0.2, 0) is 4.79 Å². The van der Waals surface area contributed by atoms with E-state index < -0.39 is 0 Å². The zero-order valence-corrected chi connectivity index (χ0v) is 16.0. The smallest absolute Gasteiger partial charge is 0.277 e. The lowest BCUT2D eigenvalue weighted by Crippen LogP contribution is -2.13. The molecule has 0 saturated carbocycles. The molecule has 3 rings (SSSR count). The van der Waals surface area contributed by atoms with E-state index in [0.29, 0.717) is 33.5 Å². The molecule has 0 unspecified atom stereocenters. The van der Waals surface area contributed by atoms with Gasteiger partial charge < -0.3 is 19.2 Å². The highest BCUT2D eigenvalue weighted by atomic mass is 32.2. The maximum Gasteiger partial charge on any atom is 0.277 e. The van der Waals surface area contributed by atoms with Crippen LogP contribution in [0.2, 0.25) is 0 Å². The molecule has 2 heterocycles. The highest BCUT2D eigenvalue weighted by Crippen LogP contribution is 2.32. The number of carbonyl (C=O) groups is 1. The molecule has 3 aromatic rings. The summed E-state index contributed by atoms with van der Waals surface area (Å²) < 4.78 is 16.0. The summed E-state index contributed by atoms with van der Waals surface area (Å²) in [6.07, 6.45) is 0. The van der Waals surface area contributed by atoms with E-state index in [1.165, 1.54) is 11.3 Å². The van der Waals surface area contributed by atoms with Gasteiger partial charge in [-0.2, -0.15) is 5.26 Å². The van der Waals surface area contributed by atoms with Gasteiger partial charge in [-0.25, -0.2) is 0 Å². The number of ether oxygens (including phenoxy) is 2. The van der Waals surface area contributed by atoms with Crippen molar-refractivity contribution in [3.63, 3.8) is 0 Å². The van der Waals surface area contributed by atoms with Crippen molar-refractivity contribution in [2.24, 2.45) is 0 Å². The fraction of sp³-hybridized carbons (Fsp3) is 0.176. The first-order chi connectivity index (χ1) is 13.1. The molecule has 0 aliphatic carbocycles. The van der Waals surface area contributed by atoms with Gasteiger partial charge in [0, 0.05) is 5.56 Å². The van der Waals surface area contributed by atoms with Crippen LogP contribution in [0, 0.1) is 11.3 Å². The third kappa shape index (κ3) is 4.39. The maximum absolute atomic E-state index is 12.0. The molecule has 0 atom stereocenters. The van der Waals surface area contributed by atoms with Crippen LogP contribution in [0.4, 0.5) is 5.00 Å². The number of hydrogen-bond donors (Lipinski definition) is 1. The van der Waals surface area contributed by atoms with Gasteiger partial charge in [-0.1, -0.05) is 11.8 Å². The molecular formula is C17H14N4O4S2. The molecule has 0 bridgehead atoms. The summed E-state index contributed by atoms with van der Waals surface area (Å²) in [5.41, 5.74) is 1.11. The Morgan fingerprint density at radius 2 is 2.11 bits per heavy atom. The lowest BCUT2D eigenvalue weighted by atomic mass is 10.2. The number of aromatic nitrogens is 2. The van der Waals surface area contributed by atoms with Crippen LogP contribution < -0.4 is 14.8 Å². The van der Waals surface area contributed by atoms with E-state index in [-0.39, 0.29) is 16.9 Å². The second-order valence-corrected chi connectivity index (χ2v) is 6.90. The van der Waals surface area contributed by atoms with Crippen molar-refractivity contribution in [1.82, 2.24) is 10.2 Å². The van der Waals surface area contributed by atoms with Gasteiger partial charge in [0.2, 0.25) is 11.8 Å². The number of thiophene rings is 1. The average molecular weight is 402 g/mol. The summed E-state index contributed by atoms with van der Waals surface area (Å²) in [5, 5.41) is 22.1. The van der Waals surface area contributed by atoms with Gasteiger partial charge in [-0.05, 0) is 29.6 Å². The van der Waals surface area contributed by atoms with Crippen LogP contribution in [-0.4, -0.2) is 36.1 Å². The van der Waals surface area contributed by atoms with E-state index >= 15 is 0 Å². The van der Waals surface area contributed by atoms with Gasteiger partial charge in [0.05, 0.1) is 25.5 Å². The molecule has 2 aromatic heterocycles. The Bertz CT molecular complexity index is 993. The molecule has 1 amide bonds. The Morgan fingerprint density at radius 1 is 1.30 bits per heavy atom. The molecule has 0 aliphatic rings. The van der Waals surface area contributed by atoms with Gasteiger partial charge >= 0.3 is 0 Å². The molecule has 0 fully saturated rings. The van der Waals surface area contributed by atoms with Crippen LogP contribution in [0.1, 0.15) is 5.56 Å². The van der Waals surface area contributed by atoms with E-state index in [1.54, 1.807) is 43.9 Å². The lowest BCUT2D eigenvalue weighted by molar-refractivity contribution is -0.113. The zero-order valence-electron chi connectivity index (χ0n) is 14.4. The summed E-state index contributed by atoms with van der Waals surface area (Å²) >= 11 is 2.41. The molecule has 0 saturated heterocycles. The monoisotopic (exact) mass is 402 g/mol. The predicted octanol–water partition coefficient (Wildman–Crippen LogP) is 3.42. The number of rotatable bonds is 7. The summed E-state index contributed by atoms with van der Waals surface area (Å²) in [7, 11) is 3.10. The van der Waals surface area contributed by atoms with Crippen LogP contribution in [0.25, 0.3) is 11.5 Å². The molecule has 1 N–H and O–H groups in total. The van der Waals surface area contributed by atoms with Crippen LogP contribution >= 0.6 is 23.1 Å². The predicted molar refractivity (Wildman–Crippen MR) is 101 cm³/mol. The third-order valence-corrected chi connectivity index (χ3v) is 5.05. The summed E-state index contributed by atoms with van der Waals surface area (Å²) in [6, 6.07) is 8.92. The van der Waals surface area contributed by atoms with Gasteiger partial charge in [0.25, 0.3) is 5.22 Å². The van der Waals surface area contributed by atoms with E-state index in [2.05, 4.69) is 15.5 Å². The molecule has 1 aromatic carbocycles. The lowest BCUT2D eigenvalue weighted by Gasteiger charge is -2.07. The normalized spacial score (nSPS) is 10.3. The number of methoxy groups -OCH3 is 2. The number of nitrogens with one attached hydrogen (secondary N) is 1. The van der Waals surface area contributed by atoms with Crippen molar-refractivity contribution in [2.75, 3.05) is 25.3 Å². The number of thioether (sulfide) groups is 1. The van der Waals surface area contributed by atoms with E-state index in [4.69, 9.17) is 19.2 Å². The number of carbonyl (C=O) groups excluding carboxylic acids is 1. The first kappa shape index (κ1) is 18.8. The first-order valence-corrected chi connectivity index (χ1v) is 9.47. The quantitative estimate of drug-likeness (QED) is 0.599. The minimum atomic E-state index is -0.259. The van der Waals surface area contributed by atoms with Crippen LogP contribution in [0.15, 0.2) is 39.3 Å². The topological polar surface area (TPSA) is 110 Å². The maximum atomic E-state index is 12.0. The summed E-state index contributed by atoms with van der Waals surface area (Å²) in [4.78, 5) is 12.0. The number of hydrogen-bond acceptors (Lipinski definition) is 9. The van der Waals surface area contributed by atoms with Gasteiger partial charge in [0.15, 0.2) is 11.5 Å². The van der Waals surface area contributed by atoms with Crippen molar-refractivity contribution < 1.29 is 18.7 Å². The Kier molecular flexibility index (Phi) is 5.95. The summed E-state index contributed by atoms with van der Waals surface area (Å²) in [5.74, 6) is 1.27. The fourth-order valence-corrected chi connectivity index (χ4v) is 3.45. The molecule has 10 heteroatoms.